The standard InChI is InChI=1S/C18H24N8OS/c1-3-28-11-15-21-17-16(18(27)22-15)23-24-26(17)14-5-8-25(9-6-14)10-13-4-7-19-12(2)20-13/h4,7,14H,3,5-6,8-11H2,1-2H3,(H,21,22,27). The van der Waals surface area contributed by atoms with Gasteiger partial charge >= 0.3 is 0 Å². The average Bonchev–Trinajstić information content (AvgIpc) is 3.11. The van der Waals surface area contributed by atoms with Gasteiger partial charge in [-0.1, -0.05) is 12.1 Å². The molecule has 3 aromatic heterocycles. The lowest BCUT2D eigenvalue weighted by Gasteiger charge is -2.31. The molecule has 0 radical (unpaired) electrons. The van der Waals surface area contributed by atoms with Crippen LogP contribution in [-0.2, 0) is 12.3 Å². The summed E-state index contributed by atoms with van der Waals surface area (Å²) in [6.45, 7) is 6.70. The molecular formula is C18H24N8OS. The van der Waals surface area contributed by atoms with Crippen LogP contribution in [0.1, 0.15) is 43.1 Å². The number of aromatic amines is 1. The largest absolute Gasteiger partial charge is 0.308 e. The number of nitrogens with one attached hydrogen (secondary N) is 1. The molecule has 9 nitrogen and oxygen atoms in total. The van der Waals surface area contributed by atoms with Crippen molar-refractivity contribution in [1.82, 2.24) is 39.8 Å². The number of H-pyrrole nitrogens is 1. The lowest BCUT2D eigenvalue weighted by atomic mass is 10.1. The maximum atomic E-state index is 12.3. The van der Waals surface area contributed by atoms with E-state index in [9.17, 15) is 4.79 Å². The zero-order chi connectivity index (χ0) is 19.5. The molecule has 4 heterocycles. The summed E-state index contributed by atoms with van der Waals surface area (Å²) in [5, 5.41) is 8.34. The molecule has 1 fully saturated rings. The predicted octanol–water partition coefficient (Wildman–Crippen LogP) is 1.70. The van der Waals surface area contributed by atoms with Crippen LogP contribution in [0.25, 0.3) is 11.2 Å². The monoisotopic (exact) mass is 400 g/mol. The molecule has 28 heavy (non-hydrogen) atoms. The van der Waals surface area contributed by atoms with Crippen molar-refractivity contribution in [3.05, 3.63) is 40.0 Å². The van der Waals surface area contributed by atoms with Gasteiger partial charge in [0, 0.05) is 25.8 Å². The van der Waals surface area contributed by atoms with Gasteiger partial charge in [-0.25, -0.2) is 19.6 Å². The van der Waals surface area contributed by atoms with Gasteiger partial charge in [0.1, 0.15) is 11.6 Å². The van der Waals surface area contributed by atoms with E-state index < -0.39 is 0 Å². The molecule has 10 heteroatoms. The van der Waals surface area contributed by atoms with Gasteiger partial charge in [0.05, 0.1) is 17.5 Å². The topological polar surface area (TPSA) is 105 Å². The Kier molecular flexibility index (Phi) is 5.67. The van der Waals surface area contributed by atoms with Gasteiger partial charge in [-0.05, 0) is 31.6 Å². The third kappa shape index (κ3) is 4.07. The molecule has 0 spiro atoms. The Morgan fingerprint density at radius 3 is 2.86 bits per heavy atom. The molecule has 4 rings (SSSR count). The molecule has 1 saturated heterocycles. The number of piperidine rings is 1. The highest BCUT2D eigenvalue weighted by Gasteiger charge is 2.24. The van der Waals surface area contributed by atoms with E-state index in [4.69, 9.17) is 0 Å². The second-order valence-corrected chi connectivity index (χ2v) is 8.23. The number of hydrogen-bond acceptors (Lipinski definition) is 8. The van der Waals surface area contributed by atoms with Gasteiger partial charge in [-0.3, -0.25) is 9.69 Å². The van der Waals surface area contributed by atoms with Crippen molar-refractivity contribution in [3.63, 3.8) is 0 Å². The lowest BCUT2D eigenvalue weighted by Crippen LogP contribution is -2.35. The van der Waals surface area contributed by atoms with Crippen LogP contribution >= 0.6 is 11.8 Å². The summed E-state index contributed by atoms with van der Waals surface area (Å²) in [5.74, 6) is 3.15. The fourth-order valence-electron chi connectivity index (χ4n) is 3.54. The van der Waals surface area contributed by atoms with Crippen LogP contribution in [0.2, 0.25) is 0 Å². The Labute approximate surface area is 167 Å². The minimum absolute atomic E-state index is 0.203. The van der Waals surface area contributed by atoms with E-state index in [1.165, 1.54) is 0 Å². The normalized spacial score (nSPS) is 16.1. The molecule has 1 N–H and O–H groups in total. The third-order valence-electron chi connectivity index (χ3n) is 4.95. The van der Waals surface area contributed by atoms with Crippen molar-refractivity contribution >= 4 is 22.9 Å². The molecule has 148 valence electrons. The second-order valence-electron chi connectivity index (χ2n) is 6.96. The zero-order valence-electron chi connectivity index (χ0n) is 16.1. The molecule has 3 aromatic rings. The van der Waals surface area contributed by atoms with E-state index in [0.717, 1.165) is 49.7 Å². The number of nitrogens with zero attached hydrogens (tertiary/aromatic N) is 7. The Morgan fingerprint density at radius 2 is 2.11 bits per heavy atom. The number of thioether (sulfide) groups is 1. The first-order chi connectivity index (χ1) is 13.6. The molecule has 0 atom stereocenters. The number of hydrogen-bond donors (Lipinski definition) is 1. The van der Waals surface area contributed by atoms with Crippen LogP contribution in [0.4, 0.5) is 0 Å². The van der Waals surface area contributed by atoms with Crippen molar-refractivity contribution in [2.45, 2.75) is 45.0 Å². The van der Waals surface area contributed by atoms with Gasteiger partial charge in [-0.15, -0.1) is 5.10 Å². The highest BCUT2D eigenvalue weighted by molar-refractivity contribution is 7.98. The molecule has 0 saturated carbocycles. The number of fused-ring (bicyclic) bond motifs is 1. The Hall–Kier alpha value is -2.33. The first-order valence-corrected chi connectivity index (χ1v) is 10.7. The minimum atomic E-state index is -0.209. The number of aromatic nitrogens is 7. The van der Waals surface area contributed by atoms with Crippen molar-refractivity contribution in [1.29, 1.82) is 0 Å². The molecular weight excluding hydrogens is 376 g/mol. The van der Waals surface area contributed by atoms with E-state index in [1.54, 1.807) is 11.8 Å². The van der Waals surface area contributed by atoms with E-state index in [2.05, 4.69) is 42.1 Å². The summed E-state index contributed by atoms with van der Waals surface area (Å²) in [6, 6.07) is 2.17. The SMILES string of the molecule is CCSCc1nc2c(nnn2C2CCN(Cc3ccnc(C)n3)CC2)c(=O)[nH]1. The van der Waals surface area contributed by atoms with Crippen LogP contribution < -0.4 is 5.56 Å². The fourth-order valence-corrected chi connectivity index (χ4v) is 4.08. The van der Waals surface area contributed by atoms with Crippen molar-refractivity contribution in [3.8, 4) is 0 Å². The van der Waals surface area contributed by atoms with E-state index >= 15 is 0 Å². The fraction of sp³-hybridized carbons (Fsp3) is 0.556. The van der Waals surface area contributed by atoms with Crippen LogP contribution in [-0.4, -0.2) is 58.7 Å². The summed E-state index contributed by atoms with van der Waals surface area (Å²) < 4.78 is 1.84. The average molecular weight is 401 g/mol. The summed E-state index contributed by atoms with van der Waals surface area (Å²) in [6.07, 6.45) is 3.69. The third-order valence-corrected chi connectivity index (χ3v) is 5.83. The van der Waals surface area contributed by atoms with Crippen molar-refractivity contribution in [2.75, 3.05) is 18.8 Å². The van der Waals surface area contributed by atoms with Gasteiger partial charge in [0.15, 0.2) is 11.2 Å². The van der Waals surface area contributed by atoms with Gasteiger partial charge in [0.2, 0.25) is 0 Å². The van der Waals surface area contributed by atoms with E-state index in [0.29, 0.717) is 22.7 Å². The highest BCUT2D eigenvalue weighted by atomic mass is 32.2. The smallest absolute Gasteiger partial charge is 0.281 e. The molecule has 1 aliphatic rings. The maximum absolute atomic E-state index is 12.3. The predicted molar refractivity (Wildman–Crippen MR) is 108 cm³/mol. The Morgan fingerprint density at radius 1 is 1.29 bits per heavy atom. The van der Waals surface area contributed by atoms with Crippen LogP contribution in [0, 0.1) is 6.92 Å². The van der Waals surface area contributed by atoms with Crippen molar-refractivity contribution < 1.29 is 0 Å². The minimum Gasteiger partial charge on any atom is -0.308 e. The molecule has 0 amide bonds. The van der Waals surface area contributed by atoms with Crippen LogP contribution in [0.5, 0.6) is 0 Å². The summed E-state index contributed by atoms with van der Waals surface area (Å²) in [4.78, 5) is 30.8. The maximum Gasteiger partial charge on any atom is 0.281 e. The van der Waals surface area contributed by atoms with Crippen LogP contribution in [0.3, 0.4) is 0 Å². The molecule has 0 bridgehead atoms. The molecule has 0 aromatic carbocycles. The summed E-state index contributed by atoms with van der Waals surface area (Å²) in [5.41, 5.74) is 1.76. The van der Waals surface area contributed by atoms with Crippen LogP contribution in [0.15, 0.2) is 17.1 Å². The Balaban J connectivity index is 1.47. The summed E-state index contributed by atoms with van der Waals surface area (Å²) in [7, 11) is 0. The quantitative estimate of drug-likeness (QED) is 0.666. The van der Waals surface area contributed by atoms with Gasteiger partial charge in [-0.2, -0.15) is 11.8 Å². The molecule has 0 aliphatic carbocycles. The number of aryl methyl sites for hydroxylation is 1. The second kappa shape index (κ2) is 8.36. The summed E-state index contributed by atoms with van der Waals surface area (Å²) >= 11 is 1.72. The van der Waals surface area contributed by atoms with E-state index in [-0.39, 0.29) is 11.6 Å². The number of likely N-dealkylation sites (tertiary alicyclic amines) is 1. The molecule has 0 unspecified atom stereocenters. The first-order valence-electron chi connectivity index (χ1n) is 9.56. The zero-order valence-corrected chi connectivity index (χ0v) is 16.9. The lowest BCUT2D eigenvalue weighted by molar-refractivity contribution is 0.172. The number of rotatable bonds is 6. The van der Waals surface area contributed by atoms with Gasteiger partial charge in [0.25, 0.3) is 5.56 Å². The highest BCUT2D eigenvalue weighted by Crippen LogP contribution is 2.24. The van der Waals surface area contributed by atoms with Crippen molar-refractivity contribution in [2.24, 2.45) is 0 Å². The van der Waals surface area contributed by atoms with E-state index in [1.807, 2.05) is 23.9 Å². The van der Waals surface area contributed by atoms with Gasteiger partial charge < -0.3 is 4.98 Å². The first kappa shape index (κ1) is 19.0. The Bertz CT molecular complexity index is 1010. The molecule has 1 aliphatic heterocycles.